The zero-order valence-corrected chi connectivity index (χ0v) is 21.0. The fourth-order valence-electron chi connectivity index (χ4n) is 3.01. The van der Waals surface area contributed by atoms with Crippen LogP contribution in [0.15, 0.2) is 18.2 Å². The number of halogens is 5. The third-order valence-electron chi connectivity index (χ3n) is 4.48. The molecular formula is C20H20Cl2F3N3O5S2. The highest BCUT2D eigenvalue weighted by atomic mass is 35.5. The number of nitrogens with zero attached hydrogens (tertiary/aromatic N) is 2. The molecule has 8 nitrogen and oxygen atoms in total. The number of amides is 1. The molecule has 1 amide bonds. The average molecular weight is 574 g/mol. The summed E-state index contributed by atoms with van der Waals surface area (Å²) in [4.78, 5) is 32.0. The van der Waals surface area contributed by atoms with Crippen LogP contribution in [0.25, 0.3) is 5.69 Å². The molecule has 3 rings (SSSR count). The number of benzene rings is 1. The minimum atomic E-state index is -5.08. The molecule has 35 heavy (non-hydrogen) atoms. The van der Waals surface area contributed by atoms with E-state index >= 15 is 0 Å². The molecule has 0 spiro atoms. The van der Waals surface area contributed by atoms with Gasteiger partial charge >= 0.3 is 18.1 Å². The van der Waals surface area contributed by atoms with Crippen molar-refractivity contribution >= 4 is 62.6 Å². The molecule has 1 aliphatic rings. The average Bonchev–Trinajstić information content (AvgIpc) is 3.36. The van der Waals surface area contributed by atoms with Crippen LogP contribution in [0.4, 0.5) is 13.2 Å². The fraction of sp³-hybridized carbons (Fsp3) is 0.400. The number of aromatic nitrogens is 2. The molecular weight excluding hydrogens is 554 g/mol. The van der Waals surface area contributed by atoms with Crippen molar-refractivity contribution in [3.05, 3.63) is 45.2 Å². The lowest BCUT2D eigenvalue weighted by atomic mass is 10.2. The first-order valence-corrected chi connectivity index (χ1v) is 13.3. The number of carboxylic acids is 2. The summed E-state index contributed by atoms with van der Waals surface area (Å²) in [5.74, 6) is -2.51. The van der Waals surface area contributed by atoms with Crippen LogP contribution in [0, 0.1) is 0 Å². The van der Waals surface area contributed by atoms with Crippen molar-refractivity contribution in [3.8, 4) is 5.69 Å². The predicted molar refractivity (Wildman–Crippen MR) is 129 cm³/mol. The number of aliphatic carboxylic acids is 2. The summed E-state index contributed by atoms with van der Waals surface area (Å²) in [6.45, 7) is 0.493. The topological polar surface area (TPSA) is 122 Å². The van der Waals surface area contributed by atoms with Crippen LogP contribution in [0.2, 0.25) is 10.0 Å². The SMILES string of the molecule is O=C(O)C(F)(F)F.O=C(O)CCSSCCNC(=O)c1nn(-c2ccc(Cl)cc2Cl)c2c1CCC2. The summed E-state index contributed by atoms with van der Waals surface area (Å²) >= 11 is 12.3. The molecule has 0 saturated heterocycles. The second-order valence-electron chi connectivity index (χ2n) is 6.98. The number of fused-ring (bicyclic) bond motifs is 1. The number of nitrogens with one attached hydrogen (secondary N) is 1. The highest BCUT2D eigenvalue weighted by Crippen LogP contribution is 2.31. The number of rotatable bonds is 9. The second kappa shape index (κ2) is 13.3. The van der Waals surface area contributed by atoms with Gasteiger partial charge in [0.2, 0.25) is 0 Å². The Kier molecular flexibility index (Phi) is 11.1. The Morgan fingerprint density at radius 1 is 1.11 bits per heavy atom. The molecule has 1 aliphatic carbocycles. The molecule has 0 atom stereocenters. The predicted octanol–water partition coefficient (Wildman–Crippen LogP) is 4.89. The zero-order valence-electron chi connectivity index (χ0n) is 17.9. The molecule has 1 heterocycles. The van der Waals surface area contributed by atoms with Gasteiger partial charge in [-0.05, 0) is 37.5 Å². The van der Waals surface area contributed by atoms with Crippen molar-refractivity contribution in [2.24, 2.45) is 0 Å². The number of hydrogen-bond acceptors (Lipinski definition) is 6. The van der Waals surface area contributed by atoms with Crippen LogP contribution in [-0.4, -0.2) is 62.1 Å². The lowest BCUT2D eigenvalue weighted by molar-refractivity contribution is -0.192. The Labute approximate surface area is 215 Å². The van der Waals surface area contributed by atoms with E-state index in [0.29, 0.717) is 39.5 Å². The smallest absolute Gasteiger partial charge is 0.481 e. The van der Waals surface area contributed by atoms with Crippen LogP contribution in [0.3, 0.4) is 0 Å². The van der Waals surface area contributed by atoms with Gasteiger partial charge in [-0.3, -0.25) is 9.59 Å². The van der Waals surface area contributed by atoms with Gasteiger partial charge in [0.1, 0.15) is 0 Å². The molecule has 0 bridgehead atoms. The summed E-state index contributed by atoms with van der Waals surface area (Å²) in [5.41, 5.74) is 3.16. The first-order valence-electron chi connectivity index (χ1n) is 10.0. The number of carbonyl (C=O) groups is 3. The fourth-order valence-corrected chi connectivity index (χ4v) is 5.38. The first-order chi connectivity index (χ1) is 16.4. The van der Waals surface area contributed by atoms with Gasteiger partial charge in [0, 0.05) is 34.3 Å². The lowest BCUT2D eigenvalue weighted by Crippen LogP contribution is -2.27. The quantitative estimate of drug-likeness (QED) is 0.286. The molecule has 2 aromatic rings. The van der Waals surface area contributed by atoms with Crippen LogP contribution < -0.4 is 5.32 Å². The standard InChI is InChI=1S/C18H19Cl2N3O3S2.C2HF3O2/c19-11-4-5-15(13(20)10-11)23-14-3-1-2-12(14)17(22-23)18(26)21-7-9-28-27-8-6-16(24)25;3-2(4,5)1(6)7/h4-5,10H,1-3,6-9H2,(H,21,26)(H,24,25);(H,6,7). The minimum Gasteiger partial charge on any atom is -0.481 e. The molecule has 0 radical (unpaired) electrons. The summed E-state index contributed by atoms with van der Waals surface area (Å²) in [6, 6.07) is 5.23. The Balaban J connectivity index is 0.000000540. The normalized spacial score (nSPS) is 12.5. The molecule has 0 fully saturated rings. The molecule has 15 heteroatoms. The molecule has 0 unspecified atom stereocenters. The van der Waals surface area contributed by atoms with Gasteiger partial charge in [-0.2, -0.15) is 18.3 Å². The number of carboxylic acid groups (broad SMARTS) is 2. The maximum atomic E-state index is 12.6. The van der Waals surface area contributed by atoms with E-state index in [0.717, 1.165) is 30.5 Å². The Hall–Kier alpha value is -2.09. The molecule has 1 aromatic heterocycles. The maximum absolute atomic E-state index is 12.6. The molecule has 3 N–H and O–H groups in total. The van der Waals surface area contributed by atoms with E-state index < -0.39 is 18.1 Å². The first kappa shape index (κ1) is 29.1. The summed E-state index contributed by atoms with van der Waals surface area (Å²) in [7, 11) is 3.04. The second-order valence-corrected chi connectivity index (χ2v) is 10.5. The van der Waals surface area contributed by atoms with Crippen molar-refractivity contribution in [1.82, 2.24) is 15.1 Å². The third kappa shape index (κ3) is 8.81. The largest absolute Gasteiger partial charge is 0.490 e. The van der Waals surface area contributed by atoms with Gasteiger partial charge in [-0.15, -0.1) is 0 Å². The van der Waals surface area contributed by atoms with Crippen LogP contribution in [0.5, 0.6) is 0 Å². The van der Waals surface area contributed by atoms with Gasteiger partial charge in [0.25, 0.3) is 5.91 Å². The van der Waals surface area contributed by atoms with Gasteiger partial charge < -0.3 is 15.5 Å². The zero-order chi connectivity index (χ0) is 26.2. The Bertz CT molecular complexity index is 1080. The monoisotopic (exact) mass is 573 g/mol. The van der Waals surface area contributed by atoms with E-state index in [1.807, 2.05) is 6.07 Å². The van der Waals surface area contributed by atoms with Gasteiger partial charge in [0.15, 0.2) is 5.69 Å². The summed E-state index contributed by atoms with van der Waals surface area (Å²) in [6.07, 6.45) is -2.29. The van der Waals surface area contributed by atoms with Crippen LogP contribution in [-0.2, 0) is 22.4 Å². The number of hydrogen-bond donors (Lipinski definition) is 3. The Morgan fingerprint density at radius 3 is 2.37 bits per heavy atom. The molecule has 0 saturated carbocycles. The van der Waals surface area contributed by atoms with Crippen LogP contribution in [0.1, 0.15) is 34.6 Å². The van der Waals surface area contributed by atoms with E-state index in [2.05, 4.69) is 10.4 Å². The molecule has 1 aromatic carbocycles. The summed E-state index contributed by atoms with van der Waals surface area (Å²) < 4.78 is 33.5. The Morgan fingerprint density at radius 2 is 1.77 bits per heavy atom. The van der Waals surface area contributed by atoms with Gasteiger partial charge in [-0.1, -0.05) is 44.8 Å². The number of carbonyl (C=O) groups excluding carboxylic acids is 1. The van der Waals surface area contributed by atoms with E-state index in [4.69, 9.17) is 38.2 Å². The van der Waals surface area contributed by atoms with Gasteiger partial charge in [-0.25, -0.2) is 9.48 Å². The summed E-state index contributed by atoms with van der Waals surface area (Å²) in [5, 5.41) is 24.2. The highest BCUT2D eigenvalue weighted by Gasteiger charge is 2.38. The minimum absolute atomic E-state index is 0.140. The van der Waals surface area contributed by atoms with E-state index in [-0.39, 0.29) is 12.3 Å². The van der Waals surface area contributed by atoms with Crippen molar-refractivity contribution in [2.75, 3.05) is 18.1 Å². The van der Waals surface area contributed by atoms with Crippen molar-refractivity contribution in [1.29, 1.82) is 0 Å². The maximum Gasteiger partial charge on any atom is 0.490 e. The number of alkyl halides is 3. The van der Waals surface area contributed by atoms with Gasteiger partial charge in [0.05, 0.1) is 17.1 Å². The van der Waals surface area contributed by atoms with E-state index in [9.17, 15) is 22.8 Å². The van der Waals surface area contributed by atoms with Crippen molar-refractivity contribution < 1.29 is 37.8 Å². The molecule has 192 valence electrons. The highest BCUT2D eigenvalue weighted by molar-refractivity contribution is 8.76. The third-order valence-corrected chi connectivity index (χ3v) is 7.43. The van der Waals surface area contributed by atoms with Crippen molar-refractivity contribution in [3.63, 3.8) is 0 Å². The van der Waals surface area contributed by atoms with E-state index in [1.54, 1.807) is 27.6 Å². The van der Waals surface area contributed by atoms with Crippen molar-refractivity contribution in [2.45, 2.75) is 31.9 Å². The van der Waals surface area contributed by atoms with E-state index in [1.165, 1.54) is 10.8 Å². The van der Waals surface area contributed by atoms with Crippen LogP contribution >= 0.6 is 44.8 Å². The molecule has 0 aliphatic heterocycles. The lowest BCUT2D eigenvalue weighted by Gasteiger charge is -2.08.